The number of piperidine rings is 2. The summed E-state index contributed by atoms with van der Waals surface area (Å²) in [6, 6.07) is 5.86. The SMILES string of the molecule is CCC1CCCCN1C1NC(=O)C2C(NC(=O)CC2C(=O)Nc2cc(C)ccc2OC)N1. The molecule has 3 saturated heterocycles. The minimum absolute atomic E-state index is 0.0395. The molecular weight excluding hydrogens is 410 g/mol. The lowest BCUT2D eigenvalue weighted by Gasteiger charge is -2.49. The van der Waals surface area contributed by atoms with Gasteiger partial charge in [0.25, 0.3) is 0 Å². The molecule has 3 fully saturated rings. The number of hydrogen-bond acceptors (Lipinski definition) is 6. The van der Waals surface area contributed by atoms with Gasteiger partial charge in [0.1, 0.15) is 12.0 Å². The van der Waals surface area contributed by atoms with Crippen molar-refractivity contribution in [1.29, 1.82) is 0 Å². The Morgan fingerprint density at radius 1 is 1.25 bits per heavy atom. The Labute approximate surface area is 188 Å². The van der Waals surface area contributed by atoms with Crippen LogP contribution in [0.25, 0.3) is 0 Å². The van der Waals surface area contributed by atoms with Gasteiger partial charge in [-0.05, 0) is 43.9 Å². The number of methoxy groups -OCH3 is 1. The molecule has 1 aromatic rings. The van der Waals surface area contributed by atoms with Crippen LogP contribution in [-0.2, 0) is 14.4 Å². The minimum atomic E-state index is -0.782. The van der Waals surface area contributed by atoms with Crippen molar-refractivity contribution in [3.05, 3.63) is 23.8 Å². The summed E-state index contributed by atoms with van der Waals surface area (Å²) in [5.74, 6) is -1.76. The van der Waals surface area contributed by atoms with Crippen molar-refractivity contribution in [2.24, 2.45) is 11.8 Å². The van der Waals surface area contributed by atoms with Gasteiger partial charge in [0.15, 0.2) is 0 Å². The summed E-state index contributed by atoms with van der Waals surface area (Å²) in [6.07, 6.45) is 3.36. The number of carbonyl (C=O) groups excluding carboxylic acids is 3. The number of hydrogen-bond donors (Lipinski definition) is 4. The number of nitrogens with zero attached hydrogens (tertiary/aromatic N) is 1. The second-order valence-corrected chi connectivity index (χ2v) is 8.95. The number of fused-ring (bicyclic) bond motifs is 1. The number of rotatable bonds is 5. The molecule has 0 bridgehead atoms. The second-order valence-electron chi connectivity index (χ2n) is 8.95. The smallest absolute Gasteiger partial charge is 0.229 e. The Morgan fingerprint density at radius 3 is 2.81 bits per heavy atom. The van der Waals surface area contributed by atoms with Gasteiger partial charge in [-0.15, -0.1) is 0 Å². The van der Waals surface area contributed by atoms with Gasteiger partial charge in [0.05, 0.1) is 30.8 Å². The number of likely N-dealkylation sites (tertiary alicyclic amines) is 1. The third kappa shape index (κ3) is 4.45. The van der Waals surface area contributed by atoms with Gasteiger partial charge >= 0.3 is 0 Å². The van der Waals surface area contributed by atoms with Gasteiger partial charge < -0.3 is 20.7 Å². The maximum Gasteiger partial charge on any atom is 0.229 e. The first-order chi connectivity index (χ1) is 15.4. The predicted molar refractivity (Wildman–Crippen MR) is 120 cm³/mol. The highest BCUT2D eigenvalue weighted by Crippen LogP contribution is 2.32. The Bertz CT molecular complexity index is 891. The van der Waals surface area contributed by atoms with E-state index in [1.165, 1.54) is 13.5 Å². The normalized spacial score (nSPS) is 30.7. The summed E-state index contributed by atoms with van der Waals surface area (Å²) in [5.41, 5.74) is 1.49. The largest absolute Gasteiger partial charge is 0.495 e. The number of nitrogens with one attached hydrogen (secondary N) is 4. The maximum atomic E-state index is 13.2. The van der Waals surface area contributed by atoms with Crippen molar-refractivity contribution in [1.82, 2.24) is 20.9 Å². The van der Waals surface area contributed by atoms with Crippen LogP contribution in [0, 0.1) is 18.8 Å². The lowest BCUT2D eigenvalue weighted by molar-refractivity contribution is -0.148. The molecule has 3 aliphatic heterocycles. The van der Waals surface area contributed by atoms with E-state index in [9.17, 15) is 14.4 Å². The molecule has 9 nitrogen and oxygen atoms in total. The number of aryl methyl sites for hydroxylation is 1. The topological polar surface area (TPSA) is 112 Å². The zero-order chi connectivity index (χ0) is 22.8. The standard InChI is InChI=1S/C23H33N5O4/c1-4-14-7-5-6-10-28(14)23-26-20-19(22(31)27-23)15(12-18(29)25-20)21(30)24-16-11-13(2)8-9-17(16)32-3/h8-9,11,14-15,19-20,23,26H,4-7,10,12H2,1-3H3,(H,24,30)(H,25,29)(H,27,31). The van der Waals surface area contributed by atoms with Crippen LogP contribution in [0.5, 0.6) is 5.75 Å². The molecule has 4 N–H and O–H groups in total. The number of ether oxygens (including phenoxy) is 1. The Balaban J connectivity index is 1.52. The molecule has 3 aliphatic rings. The molecule has 5 unspecified atom stereocenters. The first kappa shape index (κ1) is 22.5. The lowest BCUT2D eigenvalue weighted by atomic mass is 9.81. The van der Waals surface area contributed by atoms with Crippen LogP contribution < -0.4 is 26.0 Å². The van der Waals surface area contributed by atoms with Crippen LogP contribution in [0.1, 0.15) is 44.6 Å². The van der Waals surface area contributed by atoms with Crippen molar-refractivity contribution in [3.8, 4) is 5.75 Å². The molecular formula is C23H33N5O4. The summed E-state index contributed by atoms with van der Waals surface area (Å²) < 4.78 is 5.35. The molecule has 5 atom stereocenters. The summed E-state index contributed by atoms with van der Waals surface area (Å²) >= 11 is 0. The number of carbonyl (C=O) groups is 3. The lowest BCUT2D eigenvalue weighted by Crippen LogP contribution is -2.75. The molecule has 0 radical (unpaired) electrons. The molecule has 9 heteroatoms. The van der Waals surface area contributed by atoms with Gasteiger partial charge in [-0.25, -0.2) is 0 Å². The van der Waals surface area contributed by atoms with Gasteiger partial charge in [-0.2, -0.15) is 0 Å². The van der Waals surface area contributed by atoms with Crippen LogP contribution in [0.3, 0.4) is 0 Å². The monoisotopic (exact) mass is 443 g/mol. The van der Waals surface area contributed by atoms with Crippen LogP contribution in [-0.4, -0.2) is 54.8 Å². The Morgan fingerprint density at radius 2 is 2.06 bits per heavy atom. The number of benzene rings is 1. The van der Waals surface area contributed by atoms with Crippen molar-refractivity contribution in [2.75, 3.05) is 19.0 Å². The summed E-state index contributed by atoms with van der Waals surface area (Å²) in [7, 11) is 1.53. The maximum absolute atomic E-state index is 13.2. The predicted octanol–water partition coefficient (Wildman–Crippen LogP) is 1.29. The van der Waals surface area contributed by atoms with Crippen LogP contribution in [0.15, 0.2) is 18.2 Å². The highest BCUT2D eigenvalue weighted by Gasteiger charge is 2.49. The van der Waals surface area contributed by atoms with E-state index in [1.54, 1.807) is 6.07 Å². The molecule has 3 amide bonds. The van der Waals surface area contributed by atoms with E-state index < -0.39 is 18.0 Å². The van der Waals surface area contributed by atoms with Crippen molar-refractivity contribution < 1.29 is 19.1 Å². The van der Waals surface area contributed by atoms with Gasteiger partial charge in [-0.1, -0.05) is 19.4 Å². The molecule has 174 valence electrons. The minimum Gasteiger partial charge on any atom is -0.495 e. The third-order valence-corrected chi connectivity index (χ3v) is 6.86. The van der Waals surface area contributed by atoms with Crippen molar-refractivity contribution in [3.63, 3.8) is 0 Å². The van der Waals surface area contributed by atoms with E-state index in [0.717, 1.165) is 31.4 Å². The van der Waals surface area contributed by atoms with Crippen LogP contribution in [0.4, 0.5) is 5.69 Å². The van der Waals surface area contributed by atoms with Gasteiger partial charge in [0, 0.05) is 19.0 Å². The van der Waals surface area contributed by atoms with E-state index in [2.05, 4.69) is 33.1 Å². The third-order valence-electron chi connectivity index (χ3n) is 6.86. The average Bonchev–Trinajstić information content (AvgIpc) is 2.78. The fourth-order valence-corrected chi connectivity index (χ4v) is 5.18. The summed E-state index contributed by atoms with van der Waals surface area (Å²) in [5, 5.41) is 12.2. The molecule has 32 heavy (non-hydrogen) atoms. The molecule has 0 spiro atoms. The molecule has 0 aromatic heterocycles. The van der Waals surface area contributed by atoms with E-state index in [0.29, 0.717) is 17.5 Å². The Hall–Kier alpha value is -2.65. The molecule has 3 heterocycles. The average molecular weight is 444 g/mol. The first-order valence-electron chi connectivity index (χ1n) is 11.5. The van der Waals surface area contributed by atoms with E-state index in [1.807, 2.05) is 19.1 Å². The van der Waals surface area contributed by atoms with Crippen LogP contribution >= 0.6 is 0 Å². The van der Waals surface area contributed by atoms with Gasteiger partial charge in [-0.3, -0.25) is 24.6 Å². The number of anilines is 1. The molecule has 0 saturated carbocycles. The summed E-state index contributed by atoms with van der Waals surface area (Å²) in [4.78, 5) is 41.1. The number of amides is 3. The van der Waals surface area contributed by atoms with Gasteiger partial charge in [0.2, 0.25) is 17.7 Å². The van der Waals surface area contributed by atoms with Crippen molar-refractivity contribution in [2.45, 2.75) is 64.4 Å². The molecule has 0 aliphatic carbocycles. The fourth-order valence-electron chi connectivity index (χ4n) is 5.18. The molecule has 4 rings (SSSR count). The van der Waals surface area contributed by atoms with E-state index >= 15 is 0 Å². The quantitative estimate of drug-likeness (QED) is 0.546. The first-order valence-corrected chi connectivity index (χ1v) is 11.5. The fraction of sp³-hybridized carbons (Fsp3) is 0.609. The zero-order valence-electron chi connectivity index (χ0n) is 18.9. The highest BCUT2D eigenvalue weighted by atomic mass is 16.5. The van der Waals surface area contributed by atoms with E-state index in [-0.39, 0.29) is 30.4 Å². The Kier molecular flexibility index (Phi) is 6.66. The van der Waals surface area contributed by atoms with Crippen LogP contribution in [0.2, 0.25) is 0 Å². The zero-order valence-corrected chi connectivity index (χ0v) is 18.9. The van der Waals surface area contributed by atoms with E-state index in [4.69, 9.17) is 4.74 Å². The van der Waals surface area contributed by atoms with Crippen molar-refractivity contribution >= 4 is 23.4 Å². The molecule has 1 aromatic carbocycles. The highest BCUT2D eigenvalue weighted by molar-refractivity contribution is 6.00. The summed E-state index contributed by atoms with van der Waals surface area (Å²) in [6.45, 7) is 4.96. The second kappa shape index (κ2) is 9.46.